The molecule has 1 heterocycles. The van der Waals surface area contributed by atoms with Crippen molar-refractivity contribution in [3.05, 3.63) is 29.6 Å². The number of hydrogen-bond acceptors (Lipinski definition) is 4. The molecule has 0 aliphatic heterocycles. The molecule has 0 aliphatic rings. The Balaban J connectivity index is 2.88. The van der Waals surface area contributed by atoms with Crippen molar-refractivity contribution in [3.63, 3.8) is 0 Å². The zero-order valence-corrected chi connectivity index (χ0v) is 17.0. The van der Waals surface area contributed by atoms with Gasteiger partial charge in [-0.05, 0) is 26.0 Å². The minimum absolute atomic E-state index is 0.0288. The molecule has 0 atom stereocenters. The highest BCUT2D eigenvalue weighted by Crippen LogP contribution is 2.39. The van der Waals surface area contributed by atoms with Gasteiger partial charge in [-0.3, -0.25) is 4.79 Å². The summed E-state index contributed by atoms with van der Waals surface area (Å²) >= 11 is 0. The summed E-state index contributed by atoms with van der Waals surface area (Å²) in [5.41, 5.74) is -1.57. The first-order chi connectivity index (χ1) is 12.9. The number of halogens is 3. The first-order valence-electron chi connectivity index (χ1n) is 9.10. The van der Waals surface area contributed by atoms with Gasteiger partial charge in [-0.1, -0.05) is 26.8 Å². The van der Waals surface area contributed by atoms with Crippen LogP contribution in [-0.2, 0) is 16.4 Å². The van der Waals surface area contributed by atoms with Crippen LogP contribution >= 0.6 is 0 Å². The molecular weight excluding hydrogens is 371 g/mol. The van der Waals surface area contributed by atoms with E-state index < -0.39 is 23.1 Å². The van der Waals surface area contributed by atoms with Crippen LogP contribution in [0.1, 0.15) is 52.9 Å². The Hall–Kier alpha value is -2.58. The largest absolute Gasteiger partial charge is 0.418 e. The first kappa shape index (κ1) is 21.7. The third-order valence-electron chi connectivity index (χ3n) is 4.17. The molecular formula is C19H26F3N5O. The van der Waals surface area contributed by atoms with E-state index in [-0.39, 0.29) is 11.4 Å². The lowest BCUT2D eigenvalue weighted by molar-refractivity contribution is -0.137. The number of alkyl halides is 3. The van der Waals surface area contributed by atoms with E-state index in [1.54, 1.807) is 0 Å². The van der Waals surface area contributed by atoms with Gasteiger partial charge in [0.2, 0.25) is 11.9 Å². The topological polar surface area (TPSA) is 63.1 Å². The van der Waals surface area contributed by atoms with Gasteiger partial charge in [-0.2, -0.15) is 22.8 Å². The van der Waals surface area contributed by atoms with Crippen molar-refractivity contribution in [3.8, 4) is 5.69 Å². The van der Waals surface area contributed by atoms with Crippen molar-refractivity contribution in [2.24, 2.45) is 0 Å². The Kier molecular flexibility index (Phi) is 6.06. The van der Waals surface area contributed by atoms with E-state index in [9.17, 15) is 18.0 Å². The third-order valence-corrected chi connectivity index (χ3v) is 4.17. The number of rotatable bonds is 5. The SMILES string of the molecule is CCN(CC)c1nc(C(C)(C)C)nn1-c1c(NC(C)=O)cccc1C(F)(F)F. The van der Waals surface area contributed by atoms with E-state index in [0.29, 0.717) is 24.9 Å². The molecule has 0 fully saturated rings. The maximum absolute atomic E-state index is 13.8. The van der Waals surface area contributed by atoms with Crippen molar-refractivity contribution in [2.75, 3.05) is 23.3 Å². The maximum atomic E-state index is 13.8. The normalized spacial score (nSPS) is 12.2. The number of para-hydroxylation sites is 1. The van der Waals surface area contributed by atoms with E-state index in [1.807, 2.05) is 39.5 Å². The highest BCUT2D eigenvalue weighted by atomic mass is 19.4. The minimum Gasteiger partial charge on any atom is -0.341 e. The number of carbonyl (C=O) groups is 1. The number of amides is 1. The van der Waals surface area contributed by atoms with Crippen LogP contribution in [0.3, 0.4) is 0 Å². The van der Waals surface area contributed by atoms with Gasteiger partial charge in [0.1, 0.15) is 5.69 Å². The molecule has 6 nitrogen and oxygen atoms in total. The molecule has 0 unspecified atom stereocenters. The van der Waals surface area contributed by atoms with Gasteiger partial charge in [-0.25, -0.2) is 0 Å². The van der Waals surface area contributed by atoms with Crippen LogP contribution in [-0.4, -0.2) is 33.8 Å². The molecule has 9 heteroatoms. The van der Waals surface area contributed by atoms with Crippen LogP contribution < -0.4 is 10.2 Å². The summed E-state index contributed by atoms with van der Waals surface area (Å²) in [6.07, 6.45) is -4.63. The van der Waals surface area contributed by atoms with E-state index in [1.165, 1.54) is 23.7 Å². The maximum Gasteiger partial charge on any atom is 0.418 e. The number of benzene rings is 1. The van der Waals surface area contributed by atoms with Crippen LogP contribution in [0.4, 0.5) is 24.8 Å². The average Bonchev–Trinajstić information content (AvgIpc) is 2.99. The molecule has 0 radical (unpaired) electrons. The van der Waals surface area contributed by atoms with E-state index >= 15 is 0 Å². The lowest BCUT2D eigenvalue weighted by Crippen LogP contribution is -2.27. The Morgan fingerprint density at radius 2 is 1.79 bits per heavy atom. The molecule has 0 saturated heterocycles. The zero-order chi connectivity index (χ0) is 21.3. The van der Waals surface area contributed by atoms with E-state index in [0.717, 1.165) is 6.07 Å². The second kappa shape index (κ2) is 7.81. The fraction of sp³-hybridized carbons (Fsp3) is 0.526. The quantitative estimate of drug-likeness (QED) is 0.813. The Bertz CT molecular complexity index is 848. The van der Waals surface area contributed by atoms with Crippen LogP contribution in [0.15, 0.2) is 18.2 Å². The van der Waals surface area contributed by atoms with Gasteiger partial charge in [0.15, 0.2) is 5.82 Å². The zero-order valence-electron chi connectivity index (χ0n) is 17.0. The predicted molar refractivity (Wildman–Crippen MR) is 103 cm³/mol. The van der Waals surface area contributed by atoms with Crippen LogP contribution in [0, 0.1) is 0 Å². The smallest absolute Gasteiger partial charge is 0.341 e. The Morgan fingerprint density at radius 3 is 2.25 bits per heavy atom. The third kappa shape index (κ3) is 4.45. The van der Waals surface area contributed by atoms with Crippen LogP contribution in [0.2, 0.25) is 0 Å². The van der Waals surface area contributed by atoms with Gasteiger partial charge in [0.25, 0.3) is 0 Å². The summed E-state index contributed by atoms with van der Waals surface area (Å²) in [6, 6.07) is 3.66. The Labute approximate surface area is 162 Å². The molecule has 1 amide bonds. The number of aromatic nitrogens is 3. The molecule has 1 aromatic heterocycles. The van der Waals surface area contributed by atoms with Crippen LogP contribution in [0.5, 0.6) is 0 Å². The van der Waals surface area contributed by atoms with Crippen molar-refractivity contribution < 1.29 is 18.0 Å². The van der Waals surface area contributed by atoms with Crippen molar-refractivity contribution in [2.45, 2.75) is 53.1 Å². The van der Waals surface area contributed by atoms with Crippen LogP contribution in [0.25, 0.3) is 5.69 Å². The van der Waals surface area contributed by atoms with Gasteiger partial charge in [-0.15, -0.1) is 5.10 Å². The first-order valence-corrected chi connectivity index (χ1v) is 9.10. The minimum atomic E-state index is -4.63. The number of nitrogens with zero attached hydrogens (tertiary/aromatic N) is 4. The monoisotopic (exact) mass is 397 g/mol. The fourth-order valence-electron chi connectivity index (χ4n) is 2.77. The molecule has 0 bridgehead atoms. The summed E-state index contributed by atoms with van der Waals surface area (Å²) in [6.45, 7) is 11.8. The van der Waals surface area contributed by atoms with Gasteiger partial charge in [0.05, 0.1) is 11.3 Å². The molecule has 154 valence electrons. The second-order valence-electron chi connectivity index (χ2n) is 7.45. The summed E-state index contributed by atoms with van der Waals surface area (Å²) in [5, 5.41) is 6.91. The summed E-state index contributed by atoms with van der Waals surface area (Å²) in [5.74, 6) is 0.250. The molecule has 2 aromatic rings. The van der Waals surface area contributed by atoms with Crippen molar-refractivity contribution >= 4 is 17.5 Å². The molecule has 2 rings (SSSR count). The number of carbonyl (C=O) groups excluding carboxylic acids is 1. The number of nitrogens with one attached hydrogen (secondary N) is 1. The summed E-state index contributed by atoms with van der Waals surface area (Å²) in [4.78, 5) is 18.0. The van der Waals surface area contributed by atoms with Gasteiger partial charge >= 0.3 is 6.18 Å². The standard InChI is InChI=1S/C19H26F3N5O/c1-7-26(8-2)17-24-16(18(4,5)6)25-27(17)15-13(19(20,21)22)10-9-11-14(15)23-12(3)28/h9-11H,7-8H2,1-6H3,(H,23,28). The van der Waals surface area contributed by atoms with Gasteiger partial charge in [0, 0.05) is 25.4 Å². The van der Waals surface area contributed by atoms with Gasteiger partial charge < -0.3 is 10.2 Å². The number of anilines is 2. The molecule has 1 N–H and O–H groups in total. The Morgan fingerprint density at radius 1 is 1.18 bits per heavy atom. The second-order valence-corrected chi connectivity index (χ2v) is 7.45. The number of hydrogen-bond donors (Lipinski definition) is 1. The lowest BCUT2D eigenvalue weighted by atomic mass is 9.96. The van der Waals surface area contributed by atoms with Crippen molar-refractivity contribution in [1.82, 2.24) is 14.8 Å². The highest BCUT2D eigenvalue weighted by molar-refractivity contribution is 5.91. The molecule has 0 saturated carbocycles. The lowest BCUT2D eigenvalue weighted by Gasteiger charge is -2.23. The molecule has 0 spiro atoms. The average molecular weight is 397 g/mol. The van der Waals surface area contributed by atoms with E-state index in [4.69, 9.17) is 0 Å². The van der Waals surface area contributed by atoms with Crippen molar-refractivity contribution in [1.29, 1.82) is 0 Å². The highest BCUT2D eigenvalue weighted by Gasteiger charge is 2.37. The molecule has 28 heavy (non-hydrogen) atoms. The summed E-state index contributed by atoms with van der Waals surface area (Å²) in [7, 11) is 0. The molecule has 1 aromatic carbocycles. The van der Waals surface area contributed by atoms with E-state index in [2.05, 4.69) is 15.4 Å². The fourth-order valence-corrected chi connectivity index (χ4v) is 2.77. The summed E-state index contributed by atoms with van der Waals surface area (Å²) < 4.78 is 42.6. The predicted octanol–water partition coefficient (Wildman–Crippen LogP) is 4.39. The molecule has 0 aliphatic carbocycles.